The van der Waals surface area contributed by atoms with Gasteiger partial charge in [0.1, 0.15) is 5.82 Å². The van der Waals surface area contributed by atoms with Gasteiger partial charge in [-0.3, -0.25) is 4.79 Å². The van der Waals surface area contributed by atoms with E-state index in [1.54, 1.807) is 12.1 Å². The summed E-state index contributed by atoms with van der Waals surface area (Å²) in [4.78, 5) is 15.7. The molecule has 4 heteroatoms. The average molecular weight is 281 g/mol. The molecule has 3 N–H and O–H groups in total. The lowest BCUT2D eigenvalue weighted by Gasteiger charge is -2.17. The number of aromatic nitrogens is 1. The minimum absolute atomic E-state index is 0.385. The Morgan fingerprint density at radius 3 is 2.71 bits per heavy atom. The average Bonchev–Trinajstić information content (AvgIpc) is 2.53. The van der Waals surface area contributed by atoms with E-state index in [0.717, 1.165) is 37.3 Å². The molecule has 0 saturated heterocycles. The van der Waals surface area contributed by atoms with Crippen molar-refractivity contribution < 1.29 is 4.79 Å². The van der Waals surface area contributed by atoms with Crippen LogP contribution in [0, 0.1) is 0 Å². The maximum absolute atomic E-state index is 11.0. The fourth-order valence-electron chi connectivity index (χ4n) is 2.62. The molecule has 1 aromatic heterocycles. The van der Waals surface area contributed by atoms with Crippen LogP contribution in [-0.4, -0.2) is 17.4 Å². The number of nitrogens with two attached hydrogens (primary N) is 1. The van der Waals surface area contributed by atoms with Crippen molar-refractivity contribution in [1.82, 2.24) is 4.98 Å². The van der Waals surface area contributed by atoms with Crippen LogP contribution in [0.15, 0.2) is 36.4 Å². The maximum atomic E-state index is 11.0. The van der Waals surface area contributed by atoms with Crippen molar-refractivity contribution in [3.05, 3.63) is 58.8 Å². The molecule has 0 bridgehead atoms. The van der Waals surface area contributed by atoms with Crippen LogP contribution in [0.25, 0.3) is 0 Å². The highest BCUT2D eigenvalue weighted by molar-refractivity contribution is 5.92. The number of aryl methyl sites for hydroxylation is 3. The molecule has 1 aromatic carbocycles. The van der Waals surface area contributed by atoms with Crippen LogP contribution in [0.1, 0.15) is 33.6 Å². The summed E-state index contributed by atoms with van der Waals surface area (Å²) in [5.74, 6) is 0.659. The molecule has 0 fully saturated rings. The second kappa shape index (κ2) is 5.95. The number of carbonyl (C=O) groups excluding carboxylic acids is 1. The third-order valence-electron chi connectivity index (χ3n) is 3.86. The summed E-state index contributed by atoms with van der Waals surface area (Å²) in [5, 5.41) is 3.36. The van der Waals surface area contributed by atoms with Gasteiger partial charge in [-0.2, -0.15) is 0 Å². The van der Waals surface area contributed by atoms with Gasteiger partial charge in [-0.1, -0.05) is 18.2 Å². The molecule has 21 heavy (non-hydrogen) atoms. The first-order valence-electron chi connectivity index (χ1n) is 7.34. The molecule has 0 spiro atoms. The predicted octanol–water partition coefficient (Wildman–Crippen LogP) is 2.32. The van der Waals surface area contributed by atoms with Crippen LogP contribution in [0.4, 0.5) is 5.82 Å². The molecular weight excluding hydrogens is 262 g/mol. The SMILES string of the molecule is NC(=O)c1ccc(CCc2ccc3c(n2)NCCC3)cc1. The molecule has 4 nitrogen and oxygen atoms in total. The Labute approximate surface area is 124 Å². The Balaban J connectivity index is 1.65. The van der Waals surface area contributed by atoms with Crippen molar-refractivity contribution in [2.75, 3.05) is 11.9 Å². The first-order valence-corrected chi connectivity index (χ1v) is 7.34. The van der Waals surface area contributed by atoms with Gasteiger partial charge in [0.2, 0.25) is 5.91 Å². The van der Waals surface area contributed by atoms with Gasteiger partial charge in [-0.25, -0.2) is 4.98 Å². The summed E-state index contributed by atoms with van der Waals surface area (Å²) < 4.78 is 0. The lowest BCUT2D eigenvalue weighted by Crippen LogP contribution is -2.14. The van der Waals surface area contributed by atoms with E-state index < -0.39 is 0 Å². The third-order valence-corrected chi connectivity index (χ3v) is 3.86. The minimum Gasteiger partial charge on any atom is -0.370 e. The van der Waals surface area contributed by atoms with Gasteiger partial charge in [0, 0.05) is 17.8 Å². The van der Waals surface area contributed by atoms with E-state index in [0.29, 0.717) is 5.56 Å². The molecule has 2 heterocycles. The van der Waals surface area contributed by atoms with E-state index in [1.165, 1.54) is 17.5 Å². The smallest absolute Gasteiger partial charge is 0.248 e. The number of rotatable bonds is 4. The standard InChI is InChI=1S/C17H19N3O/c18-16(21)13-6-3-12(4-7-13)5-9-15-10-8-14-2-1-11-19-17(14)20-15/h3-4,6-8,10H,1-2,5,9,11H2,(H2,18,21)(H,19,20). The number of pyridine rings is 1. The van der Waals surface area contributed by atoms with Crippen LogP contribution < -0.4 is 11.1 Å². The normalized spacial score (nSPS) is 13.3. The highest BCUT2D eigenvalue weighted by Crippen LogP contribution is 2.20. The third kappa shape index (κ3) is 3.21. The lowest BCUT2D eigenvalue weighted by molar-refractivity contribution is 0.100. The van der Waals surface area contributed by atoms with Crippen molar-refractivity contribution >= 4 is 11.7 Å². The number of anilines is 1. The van der Waals surface area contributed by atoms with E-state index >= 15 is 0 Å². The number of hydrogen-bond donors (Lipinski definition) is 2. The van der Waals surface area contributed by atoms with Gasteiger partial charge in [0.05, 0.1) is 0 Å². The summed E-state index contributed by atoms with van der Waals surface area (Å²) in [5.41, 5.74) is 9.39. The number of carbonyl (C=O) groups is 1. The molecule has 1 amide bonds. The quantitative estimate of drug-likeness (QED) is 0.903. The fraction of sp³-hybridized carbons (Fsp3) is 0.294. The Morgan fingerprint density at radius 1 is 1.14 bits per heavy atom. The summed E-state index contributed by atoms with van der Waals surface area (Å²) in [7, 11) is 0. The summed E-state index contributed by atoms with van der Waals surface area (Å²) >= 11 is 0. The topological polar surface area (TPSA) is 68.0 Å². The summed E-state index contributed by atoms with van der Waals surface area (Å²) in [6.45, 7) is 1.01. The van der Waals surface area contributed by atoms with Crippen LogP contribution in [0.2, 0.25) is 0 Å². The minimum atomic E-state index is -0.385. The van der Waals surface area contributed by atoms with Gasteiger partial charge in [0.25, 0.3) is 0 Å². The summed E-state index contributed by atoms with van der Waals surface area (Å²) in [6, 6.07) is 11.8. The largest absolute Gasteiger partial charge is 0.370 e. The molecule has 0 radical (unpaired) electrons. The highest BCUT2D eigenvalue weighted by atomic mass is 16.1. The lowest BCUT2D eigenvalue weighted by atomic mass is 10.0. The molecular formula is C17H19N3O. The predicted molar refractivity (Wildman–Crippen MR) is 83.4 cm³/mol. The number of primary amides is 1. The molecule has 3 rings (SSSR count). The van der Waals surface area contributed by atoms with E-state index in [-0.39, 0.29) is 5.91 Å². The zero-order chi connectivity index (χ0) is 14.7. The van der Waals surface area contributed by atoms with E-state index in [2.05, 4.69) is 22.4 Å². The number of benzene rings is 1. The van der Waals surface area contributed by atoms with Gasteiger partial charge in [0.15, 0.2) is 0 Å². The van der Waals surface area contributed by atoms with Crippen LogP contribution in [0.3, 0.4) is 0 Å². The Kier molecular flexibility index (Phi) is 3.86. The van der Waals surface area contributed by atoms with Crippen molar-refractivity contribution in [3.8, 4) is 0 Å². The number of nitrogens with one attached hydrogen (secondary N) is 1. The molecule has 0 aliphatic carbocycles. The zero-order valence-electron chi connectivity index (χ0n) is 11.9. The Hall–Kier alpha value is -2.36. The highest BCUT2D eigenvalue weighted by Gasteiger charge is 2.10. The molecule has 0 atom stereocenters. The van der Waals surface area contributed by atoms with Gasteiger partial charge in [-0.15, -0.1) is 0 Å². The first-order chi connectivity index (χ1) is 10.2. The Bertz CT molecular complexity index is 650. The summed E-state index contributed by atoms with van der Waals surface area (Å²) in [6.07, 6.45) is 4.10. The second-order valence-electron chi connectivity index (χ2n) is 5.40. The number of fused-ring (bicyclic) bond motifs is 1. The second-order valence-corrected chi connectivity index (χ2v) is 5.40. The van der Waals surface area contributed by atoms with E-state index in [4.69, 9.17) is 5.73 Å². The van der Waals surface area contributed by atoms with Crippen molar-refractivity contribution in [3.63, 3.8) is 0 Å². The molecule has 1 aliphatic rings. The van der Waals surface area contributed by atoms with Crippen molar-refractivity contribution in [2.45, 2.75) is 25.7 Å². The first kappa shape index (κ1) is 13.6. The van der Waals surface area contributed by atoms with Crippen LogP contribution in [0.5, 0.6) is 0 Å². The zero-order valence-corrected chi connectivity index (χ0v) is 11.9. The molecule has 2 aromatic rings. The Morgan fingerprint density at radius 2 is 1.95 bits per heavy atom. The van der Waals surface area contributed by atoms with Gasteiger partial charge >= 0.3 is 0 Å². The van der Waals surface area contributed by atoms with Gasteiger partial charge in [-0.05, 0) is 55.0 Å². The van der Waals surface area contributed by atoms with Crippen molar-refractivity contribution in [1.29, 1.82) is 0 Å². The molecule has 0 saturated carbocycles. The van der Waals surface area contributed by atoms with E-state index in [1.807, 2.05) is 12.1 Å². The molecule has 1 aliphatic heterocycles. The number of hydrogen-bond acceptors (Lipinski definition) is 3. The molecule has 0 unspecified atom stereocenters. The fourth-order valence-corrected chi connectivity index (χ4v) is 2.62. The number of amides is 1. The van der Waals surface area contributed by atoms with Crippen LogP contribution >= 0.6 is 0 Å². The van der Waals surface area contributed by atoms with Gasteiger partial charge < -0.3 is 11.1 Å². The number of nitrogens with zero attached hydrogens (tertiary/aromatic N) is 1. The van der Waals surface area contributed by atoms with Crippen LogP contribution in [-0.2, 0) is 19.3 Å². The van der Waals surface area contributed by atoms with Crippen molar-refractivity contribution in [2.24, 2.45) is 5.73 Å². The van der Waals surface area contributed by atoms with E-state index in [9.17, 15) is 4.79 Å². The molecule has 108 valence electrons. The maximum Gasteiger partial charge on any atom is 0.248 e. The monoisotopic (exact) mass is 281 g/mol.